The first-order valence-electron chi connectivity index (χ1n) is 9.40. The molecule has 28 heavy (non-hydrogen) atoms. The monoisotopic (exact) mass is 402 g/mol. The highest BCUT2D eigenvalue weighted by molar-refractivity contribution is 7.18. The molecule has 1 heterocycles. The largest absolute Gasteiger partial charge is 0.462 e. The lowest BCUT2D eigenvalue weighted by atomic mass is 10.0. The number of benzene rings is 1. The van der Waals surface area contributed by atoms with Crippen LogP contribution in [0, 0.1) is 12.8 Å². The second-order valence-electron chi connectivity index (χ2n) is 6.30. The van der Waals surface area contributed by atoms with Gasteiger partial charge in [0.05, 0.1) is 17.0 Å². The maximum absolute atomic E-state index is 12.7. The number of ether oxygens (including phenoxy) is 1. The van der Waals surface area contributed by atoms with Gasteiger partial charge in [0.15, 0.2) is 0 Å². The van der Waals surface area contributed by atoms with Gasteiger partial charge in [0, 0.05) is 11.6 Å². The van der Waals surface area contributed by atoms with Gasteiger partial charge in [-0.1, -0.05) is 32.0 Å². The molecule has 2 aromatic rings. The van der Waals surface area contributed by atoms with Gasteiger partial charge in [-0.2, -0.15) is 0 Å². The maximum atomic E-state index is 12.7. The molecule has 2 rings (SSSR count). The van der Waals surface area contributed by atoms with E-state index in [1.807, 2.05) is 32.0 Å². The summed E-state index contributed by atoms with van der Waals surface area (Å²) in [4.78, 5) is 38.1. The van der Waals surface area contributed by atoms with Gasteiger partial charge in [-0.3, -0.25) is 9.59 Å². The van der Waals surface area contributed by atoms with Crippen LogP contribution in [-0.2, 0) is 9.53 Å². The van der Waals surface area contributed by atoms with Crippen molar-refractivity contribution in [1.82, 2.24) is 0 Å². The number of nitrogens with one attached hydrogen (secondary N) is 2. The summed E-state index contributed by atoms with van der Waals surface area (Å²) >= 11 is 1.09. The van der Waals surface area contributed by atoms with E-state index in [1.54, 1.807) is 26.0 Å². The van der Waals surface area contributed by atoms with Crippen LogP contribution < -0.4 is 10.6 Å². The van der Waals surface area contributed by atoms with Gasteiger partial charge in [-0.15, -0.1) is 11.3 Å². The average Bonchev–Trinajstić information content (AvgIpc) is 2.99. The van der Waals surface area contributed by atoms with Crippen LogP contribution >= 0.6 is 11.3 Å². The molecular weight excluding hydrogens is 376 g/mol. The summed E-state index contributed by atoms with van der Waals surface area (Å²) in [6.07, 6.45) is 1.39. The molecule has 0 spiro atoms. The summed E-state index contributed by atoms with van der Waals surface area (Å²) in [5, 5.41) is 6.00. The van der Waals surface area contributed by atoms with Gasteiger partial charge in [-0.25, -0.2) is 4.79 Å². The van der Waals surface area contributed by atoms with E-state index in [4.69, 9.17) is 4.74 Å². The van der Waals surface area contributed by atoms with Gasteiger partial charge in [0.1, 0.15) is 5.00 Å². The number of amides is 2. The molecule has 2 amide bonds. The minimum atomic E-state index is -0.546. The van der Waals surface area contributed by atoms with Gasteiger partial charge in [-0.05, 0) is 44.4 Å². The molecule has 150 valence electrons. The third kappa shape index (κ3) is 4.98. The topological polar surface area (TPSA) is 84.5 Å². The predicted molar refractivity (Wildman–Crippen MR) is 112 cm³/mol. The maximum Gasteiger partial charge on any atom is 0.341 e. The molecule has 0 aliphatic carbocycles. The highest BCUT2D eigenvalue weighted by Crippen LogP contribution is 2.35. The van der Waals surface area contributed by atoms with E-state index >= 15 is 0 Å². The van der Waals surface area contributed by atoms with Crippen molar-refractivity contribution >= 4 is 39.8 Å². The number of carbonyl (C=O) groups excluding carboxylic acids is 3. The molecule has 0 aliphatic rings. The van der Waals surface area contributed by atoms with Crippen LogP contribution in [0.3, 0.4) is 0 Å². The summed E-state index contributed by atoms with van der Waals surface area (Å²) in [6.45, 7) is 7.50. The number of rotatable bonds is 8. The first kappa shape index (κ1) is 21.6. The SMILES string of the molecule is CCOC(=O)c1c(NC(=O)C(CC)CC)sc(C(=O)Nc2ccccc2)c1C. The zero-order chi connectivity index (χ0) is 20.7. The van der Waals surface area contributed by atoms with Crippen molar-refractivity contribution in [3.8, 4) is 0 Å². The summed E-state index contributed by atoms with van der Waals surface area (Å²) in [6, 6.07) is 9.06. The predicted octanol–water partition coefficient (Wildman–Crippen LogP) is 4.86. The normalized spacial score (nSPS) is 10.6. The summed E-state index contributed by atoms with van der Waals surface area (Å²) < 4.78 is 5.14. The van der Waals surface area contributed by atoms with E-state index in [2.05, 4.69) is 10.6 Å². The van der Waals surface area contributed by atoms with Crippen molar-refractivity contribution in [3.63, 3.8) is 0 Å². The van der Waals surface area contributed by atoms with Crippen molar-refractivity contribution in [3.05, 3.63) is 46.3 Å². The molecule has 0 bridgehead atoms. The second kappa shape index (κ2) is 10.0. The zero-order valence-corrected chi connectivity index (χ0v) is 17.4. The fourth-order valence-corrected chi connectivity index (χ4v) is 3.94. The van der Waals surface area contributed by atoms with Crippen LogP contribution in [0.15, 0.2) is 30.3 Å². The fourth-order valence-electron chi connectivity index (χ4n) is 2.85. The third-order valence-electron chi connectivity index (χ3n) is 4.46. The van der Waals surface area contributed by atoms with Crippen molar-refractivity contribution < 1.29 is 19.1 Å². The summed E-state index contributed by atoms with van der Waals surface area (Å²) in [5.74, 6) is -1.19. The van der Waals surface area contributed by atoms with Crippen LogP contribution in [-0.4, -0.2) is 24.4 Å². The zero-order valence-electron chi connectivity index (χ0n) is 16.6. The minimum absolute atomic E-state index is 0.154. The van der Waals surface area contributed by atoms with Crippen LogP contribution in [0.2, 0.25) is 0 Å². The number of carbonyl (C=O) groups is 3. The summed E-state index contributed by atoms with van der Waals surface area (Å²) in [7, 11) is 0. The molecular formula is C21H26N2O4S. The number of hydrogen-bond donors (Lipinski definition) is 2. The van der Waals surface area contributed by atoms with Crippen molar-refractivity contribution in [2.75, 3.05) is 17.2 Å². The Morgan fingerprint density at radius 2 is 1.68 bits per heavy atom. The lowest BCUT2D eigenvalue weighted by Crippen LogP contribution is -2.22. The summed E-state index contributed by atoms with van der Waals surface area (Å²) in [5.41, 5.74) is 1.39. The lowest BCUT2D eigenvalue weighted by molar-refractivity contribution is -0.120. The highest BCUT2D eigenvalue weighted by atomic mass is 32.1. The minimum Gasteiger partial charge on any atom is -0.462 e. The second-order valence-corrected chi connectivity index (χ2v) is 7.32. The van der Waals surface area contributed by atoms with Crippen molar-refractivity contribution in [2.24, 2.45) is 5.92 Å². The van der Waals surface area contributed by atoms with E-state index in [9.17, 15) is 14.4 Å². The highest BCUT2D eigenvalue weighted by Gasteiger charge is 2.27. The van der Waals surface area contributed by atoms with Gasteiger partial charge >= 0.3 is 5.97 Å². The van der Waals surface area contributed by atoms with Crippen LogP contribution in [0.25, 0.3) is 0 Å². The Kier molecular flexibility index (Phi) is 7.75. The van der Waals surface area contributed by atoms with Crippen molar-refractivity contribution in [2.45, 2.75) is 40.5 Å². The molecule has 0 fully saturated rings. The molecule has 0 saturated heterocycles. The molecule has 0 atom stereocenters. The first-order valence-corrected chi connectivity index (χ1v) is 10.2. The molecule has 6 nitrogen and oxygen atoms in total. The number of para-hydroxylation sites is 1. The van der Waals surface area contributed by atoms with Gasteiger partial charge in [0.2, 0.25) is 5.91 Å². The molecule has 2 N–H and O–H groups in total. The smallest absolute Gasteiger partial charge is 0.341 e. The molecule has 0 aliphatic heterocycles. The van der Waals surface area contributed by atoms with E-state index < -0.39 is 5.97 Å². The number of hydrogen-bond acceptors (Lipinski definition) is 5. The average molecular weight is 403 g/mol. The Morgan fingerprint density at radius 3 is 2.25 bits per heavy atom. The Labute approximate surface area is 169 Å². The van der Waals surface area contributed by atoms with E-state index in [1.165, 1.54) is 0 Å². The molecule has 1 aromatic heterocycles. The molecule has 1 aromatic carbocycles. The fraction of sp³-hybridized carbons (Fsp3) is 0.381. The number of esters is 1. The number of anilines is 2. The Balaban J connectivity index is 2.37. The quantitative estimate of drug-likeness (QED) is 0.618. The molecule has 0 saturated carbocycles. The third-order valence-corrected chi connectivity index (χ3v) is 5.66. The molecule has 0 radical (unpaired) electrons. The van der Waals surface area contributed by atoms with Gasteiger partial charge in [0.25, 0.3) is 5.91 Å². The Hall–Kier alpha value is -2.67. The first-order chi connectivity index (χ1) is 13.4. The molecule has 0 unspecified atom stereocenters. The lowest BCUT2D eigenvalue weighted by Gasteiger charge is -2.12. The van der Waals surface area contributed by atoms with Crippen LogP contribution in [0.1, 0.15) is 59.2 Å². The number of thiophene rings is 1. The van der Waals surface area contributed by atoms with E-state index in [-0.39, 0.29) is 29.9 Å². The van der Waals surface area contributed by atoms with Crippen LogP contribution in [0.4, 0.5) is 10.7 Å². The standard InChI is InChI=1S/C21H26N2O4S/c1-5-14(6-2)18(24)23-20-16(21(26)27-7-3)13(4)17(28-20)19(25)22-15-11-9-8-10-12-15/h8-12,14H,5-7H2,1-4H3,(H,22,25)(H,23,24). The molecule has 7 heteroatoms. The Morgan fingerprint density at radius 1 is 1.04 bits per heavy atom. The van der Waals surface area contributed by atoms with Gasteiger partial charge < -0.3 is 15.4 Å². The van der Waals surface area contributed by atoms with Crippen molar-refractivity contribution in [1.29, 1.82) is 0 Å². The van der Waals surface area contributed by atoms with E-state index in [0.29, 0.717) is 34.0 Å². The Bertz CT molecular complexity index is 842. The van der Waals surface area contributed by atoms with Crippen LogP contribution in [0.5, 0.6) is 0 Å². The van der Waals surface area contributed by atoms with E-state index in [0.717, 1.165) is 11.3 Å².